The van der Waals surface area contributed by atoms with E-state index < -0.39 is 22.0 Å². The van der Waals surface area contributed by atoms with Crippen molar-refractivity contribution >= 4 is 17.2 Å². The number of rotatable bonds is 4. The Morgan fingerprint density at radius 2 is 2.06 bits per heavy atom. The first-order valence-corrected chi connectivity index (χ1v) is 10.0. The second-order valence-corrected chi connectivity index (χ2v) is 7.53. The molecule has 162 valence electrons. The number of piperidine rings is 1. The van der Waals surface area contributed by atoms with Crippen molar-refractivity contribution in [3.8, 4) is 11.4 Å². The number of pyridine rings is 1. The van der Waals surface area contributed by atoms with Crippen LogP contribution in [0.3, 0.4) is 0 Å². The van der Waals surface area contributed by atoms with E-state index in [1.54, 1.807) is 35.2 Å². The zero-order chi connectivity index (χ0) is 22.2. The van der Waals surface area contributed by atoms with Gasteiger partial charge in [0.1, 0.15) is 11.5 Å². The summed E-state index contributed by atoms with van der Waals surface area (Å²) < 4.78 is 20.1. The first-order valence-electron chi connectivity index (χ1n) is 10.0. The summed E-state index contributed by atoms with van der Waals surface area (Å²) >= 11 is 0. The van der Waals surface area contributed by atoms with E-state index in [1.807, 2.05) is 0 Å². The number of nitro groups is 1. The van der Waals surface area contributed by atoms with E-state index in [1.165, 1.54) is 18.3 Å². The molecule has 0 amide bonds. The molecule has 4 aromatic rings. The third-order valence-electron chi connectivity index (χ3n) is 5.47. The zero-order valence-electron chi connectivity index (χ0n) is 16.7. The van der Waals surface area contributed by atoms with Gasteiger partial charge in [0.25, 0.3) is 0 Å². The average Bonchev–Trinajstić information content (AvgIpc) is 3.29. The predicted octanol–water partition coefficient (Wildman–Crippen LogP) is 3.18. The molecule has 1 fully saturated rings. The Hall–Kier alpha value is -4.15. The molecule has 11 heteroatoms. The molecule has 1 saturated heterocycles. The van der Waals surface area contributed by atoms with Crippen molar-refractivity contribution in [3.63, 3.8) is 0 Å². The third-order valence-corrected chi connectivity index (χ3v) is 5.47. The fourth-order valence-corrected chi connectivity index (χ4v) is 3.97. The molecule has 0 N–H and O–H groups in total. The number of benzene rings is 1. The Kier molecular flexibility index (Phi) is 4.85. The van der Waals surface area contributed by atoms with Crippen LogP contribution in [-0.2, 0) is 0 Å². The predicted molar refractivity (Wildman–Crippen MR) is 112 cm³/mol. The van der Waals surface area contributed by atoms with E-state index in [2.05, 4.69) is 15.1 Å². The molecule has 0 radical (unpaired) electrons. The van der Waals surface area contributed by atoms with Crippen LogP contribution in [0.4, 0.5) is 15.9 Å². The van der Waals surface area contributed by atoms with Gasteiger partial charge in [0.15, 0.2) is 0 Å². The molecule has 0 bridgehead atoms. The summed E-state index contributed by atoms with van der Waals surface area (Å²) in [6, 6.07) is 10.8. The van der Waals surface area contributed by atoms with E-state index in [4.69, 9.17) is 4.52 Å². The number of halogens is 1. The van der Waals surface area contributed by atoms with Gasteiger partial charge in [-0.25, -0.2) is 9.37 Å². The van der Waals surface area contributed by atoms with Crippen LogP contribution >= 0.6 is 0 Å². The van der Waals surface area contributed by atoms with E-state index >= 15 is 0 Å². The van der Waals surface area contributed by atoms with Crippen LogP contribution in [0.5, 0.6) is 0 Å². The van der Waals surface area contributed by atoms with Crippen LogP contribution in [0, 0.1) is 15.9 Å². The number of fused-ring (bicyclic) bond motifs is 1. The Morgan fingerprint density at radius 3 is 2.88 bits per heavy atom. The summed E-state index contributed by atoms with van der Waals surface area (Å²) in [6.45, 7) is 0.818. The summed E-state index contributed by atoms with van der Waals surface area (Å²) in [5.41, 5.74) is -0.483. The average molecular weight is 436 g/mol. The van der Waals surface area contributed by atoms with Crippen LogP contribution in [0.1, 0.15) is 24.7 Å². The lowest BCUT2D eigenvalue weighted by Gasteiger charge is -2.31. The summed E-state index contributed by atoms with van der Waals surface area (Å²) in [6.07, 6.45) is 2.86. The van der Waals surface area contributed by atoms with Crippen LogP contribution in [0.2, 0.25) is 0 Å². The summed E-state index contributed by atoms with van der Waals surface area (Å²) in [4.78, 5) is 34.3. The Labute approximate surface area is 180 Å². The van der Waals surface area contributed by atoms with Crippen LogP contribution in [0.25, 0.3) is 17.0 Å². The number of anilines is 1. The van der Waals surface area contributed by atoms with E-state index in [0.717, 1.165) is 10.8 Å². The van der Waals surface area contributed by atoms with E-state index in [-0.39, 0.29) is 17.6 Å². The molecular weight excluding hydrogens is 419 g/mol. The van der Waals surface area contributed by atoms with Crippen LogP contribution < -0.4 is 10.5 Å². The number of hydrogen-bond donors (Lipinski definition) is 0. The quantitative estimate of drug-likeness (QED) is 0.353. The van der Waals surface area contributed by atoms with Crippen molar-refractivity contribution < 1.29 is 13.8 Å². The van der Waals surface area contributed by atoms with Gasteiger partial charge in [-0.1, -0.05) is 23.4 Å². The fraction of sp³-hybridized carbons (Fsp3) is 0.238. The molecule has 1 aliphatic heterocycles. The SMILES string of the molecule is O=c1c([N+](=O)[O-])c(N2CCCC(c3nc(-c4cccc(F)c4)no3)C2)nc2ccccn12. The van der Waals surface area contributed by atoms with E-state index in [0.29, 0.717) is 36.6 Å². The molecule has 4 heterocycles. The maximum atomic E-state index is 13.5. The highest BCUT2D eigenvalue weighted by Crippen LogP contribution is 2.32. The van der Waals surface area contributed by atoms with Crippen LogP contribution in [0.15, 0.2) is 58.0 Å². The summed E-state index contributed by atoms with van der Waals surface area (Å²) in [7, 11) is 0. The van der Waals surface area contributed by atoms with Crippen LogP contribution in [-0.4, -0.2) is 37.5 Å². The lowest BCUT2D eigenvalue weighted by molar-refractivity contribution is -0.385. The Balaban J connectivity index is 1.49. The molecule has 0 aliphatic carbocycles. The molecule has 5 rings (SSSR count). The highest BCUT2D eigenvalue weighted by atomic mass is 19.1. The van der Waals surface area contributed by atoms with Crippen molar-refractivity contribution in [1.82, 2.24) is 19.5 Å². The highest BCUT2D eigenvalue weighted by molar-refractivity contribution is 5.62. The van der Waals surface area contributed by atoms with Gasteiger partial charge < -0.3 is 9.42 Å². The van der Waals surface area contributed by atoms with Gasteiger partial charge in [-0.15, -0.1) is 0 Å². The molecule has 10 nitrogen and oxygen atoms in total. The lowest BCUT2D eigenvalue weighted by atomic mass is 9.98. The molecule has 0 saturated carbocycles. The molecule has 1 atom stereocenters. The van der Waals surface area contributed by atoms with Crippen molar-refractivity contribution in [3.05, 3.63) is 80.8 Å². The third kappa shape index (κ3) is 3.47. The smallest absolute Gasteiger partial charge is 0.350 e. The van der Waals surface area contributed by atoms with Gasteiger partial charge in [0.2, 0.25) is 17.5 Å². The molecule has 3 aromatic heterocycles. The van der Waals surface area contributed by atoms with Gasteiger partial charge in [-0.05, 0) is 37.1 Å². The Bertz CT molecular complexity index is 1380. The van der Waals surface area contributed by atoms with Crippen molar-refractivity contribution in [2.45, 2.75) is 18.8 Å². The first kappa shape index (κ1) is 19.8. The van der Waals surface area contributed by atoms with E-state index in [9.17, 15) is 19.3 Å². The zero-order valence-corrected chi connectivity index (χ0v) is 16.7. The van der Waals surface area contributed by atoms with Gasteiger partial charge in [-0.3, -0.25) is 19.3 Å². The summed E-state index contributed by atoms with van der Waals surface area (Å²) in [5.74, 6) is 0.0347. The molecule has 1 unspecified atom stereocenters. The Morgan fingerprint density at radius 1 is 1.19 bits per heavy atom. The largest absolute Gasteiger partial charge is 0.376 e. The minimum absolute atomic E-state index is 0.0285. The number of nitrogens with zero attached hydrogens (tertiary/aromatic N) is 6. The molecular formula is C21H17FN6O4. The monoisotopic (exact) mass is 436 g/mol. The maximum Gasteiger partial charge on any atom is 0.376 e. The van der Waals surface area contributed by atoms with Gasteiger partial charge in [0.05, 0.1) is 10.8 Å². The standard InChI is InChI=1S/C21H17FN6O4/c22-15-7-3-5-13(11-15)18-24-20(32-25-18)14-6-4-9-26(12-14)19-17(28(30)31)21(29)27-10-2-1-8-16(27)23-19/h1-3,5,7-8,10-11,14H,4,6,9,12H2. The fourth-order valence-electron chi connectivity index (χ4n) is 3.97. The molecule has 0 spiro atoms. The van der Waals surface area contributed by atoms with Crippen molar-refractivity contribution in [1.29, 1.82) is 0 Å². The van der Waals surface area contributed by atoms with Gasteiger partial charge in [-0.2, -0.15) is 4.98 Å². The number of aromatic nitrogens is 4. The number of hydrogen-bond acceptors (Lipinski definition) is 8. The molecule has 1 aromatic carbocycles. The minimum Gasteiger partial charge on any atom is -0.350 e. The van der Waals surface area contributed by atoms with Crippen molar-refractivity contribution in [2.24, 2.45) is 0 Å². The minimum atomic E-state index is -0.732. The van der Waals surface area contributed by atoms with Gasteiger partial charge in [0, 0.05) is 24.8 Å². The lowest BCUT2D eigenvalue weighted by Crippen LogP contribution is -2.37. The second kappa shape index (κ2) is 7.84. The molecule has 32 heavy (non-hydrogen) atoms. The van der Waals surface area contributed by atoms with Crippen molar-refractivity contribution in [2.75, 3.05) is 18.0 Å². The second-order valence-electron chi connectivity index (χ2n) is 7.53. The highest BCUT2D eigenvalue weighted by Gasteiger charge is 2.33. The topological polar surface area (TPSA) is 120 Å². The maximum absolute atomic E-state index is 13.5. The normalized spacial score (nSPS) is 16.4. The summed E-state index contributed by atoms with van der Waals surface area (Å²) in [5, 5.41) is 15.7. The first-order chi connectivity index (χ1) is 15.5. The molecule has 1 aliphatic rings. The van der Waals surface area contributed by atoms with Gasteiger partial charge >= 0.3 is 11.2 Å².